The van der Waals surface area contributed by atoms with Crippen LogP contribution in [0.15, 0.2) is 24.3 Å². The first kappa shape index (κ1) is 13.2. The van der Waals surface area contributed by atoms with Crippen LogP contribution < -0.4 is 5.32 Å². The van der Waals surface area contributed by atoms with E-state index in [2.05, 4.69) is 11.4 Å². The second-order valence-electron chi connectivity index (χ2n) is 4.52. The maximum Gasteiger partial charge on any atom is 0.221 e. The van der Waals surface area contributed by atoms with E-state index in [1.165, 1.54) is 0 Å². The van der Waals surface area contributed by atoms with Crippen LogP contribution in [0.5, 0.6) is 0 Å². The highest BCUT2D eigenvalue weighted by molar-refractivity contribution is 5.77. The Morgan fingerprint density at radius 2 is 2.18 bits per heavy atom. The van der Waals surface area contributed by atoms with Gasteiger partial charge in [-0.2, -0.15) is 5.26 Å². The van der Waals surface area contributed by atoms with Gasteiger partial charge in [0.15, 0.2) is 0 Å². The zero-order chi connectivity index (χ0) is 12.8. The smallest absolute Gasteiger partial charge is 0.221 e. The maximum absolute atomic E-state index is 11.6. The molecule has 0 saturated carbocycles. The molecule has 1 atom stereocenters. The van der Waals surface area contributed by atoms with Crippen molar-refractivity contribution in [2.45, 2.75) is 39.2 Å². The first-order valence-corrected chi connectivity index (χ1v) is 5.78. The van der Waals surface area contributed by atoms with Gasteiger partial charge in [0.05, 0.1) is 12.0 Å². The largest absolute Gasteiger partial charge is 0.354 e. The Hall–Kier alpha value is -1.82. The first-order chi connectivity index (χ1) is 8.02. The fourth-order valence-corrected chi connectivity index (χ4v) is 1.69. The average Bonchev–Trinajstić information content (AvgIpc) is 2.24. The van der Waals surface area contributed by atoms with E-state index < -0.39 is 0 Å². The molecule has 3 nitrogen and oxygen atoms in total. The summed E-state index contributed by atoms with van der Waals surface area (Å²) in [5.41, 5.74) is 2.01. The van der Waals surface area contributed by atoms with Crippen molar-refractivity contribution in [2.75, 3.05) is 0 Å². The Morgan fingerprint density at radius 3 is 2.71 bits per heavy atom. The molecule has 0 aliphatic heterocycles. The summed E-state index contributed by atoms with van der Waals surface area (Å²) in [5, 5.41) is 11.9. The van der Waals surface area contributed by atoms with Gasteiger partial charge in [-0.05, 0) is 26.3 Å². The zero-order valence-electron chi connectivity index (χ0n) is 10.5. The lowest BCUT2D eigenvalue weighted by molar-refractivity contribution is -0.121. The molecule has 1 aromatic carbocycles. The second kappa shape index (κ2) is 6.05. The number of benzene rings is 1. The number of carbonyl (C=O) groups excluding carboxylic acids is 1. The summed E-state index contributed by atoms with van der Waals surface area (Å²) in [6.45, 7) is 5.80. The van der Waals surface area contributed by atoms with Crippen LogP contribution in [0.1, 0.15) is 37.3 Å². The molecule has 0 bridgehead atoms. The van der Waals surface area contributed by atoms with Crippen molar-refractivity contribution in [1.82, 2.24) is 5.32 Å². The number of hydrogen-bond donors (Lipinski definition) is 1. The van der Waals surface area contributed by atoms with Crippen molar-refractivity contribution in [3.05, 3.63) is 35.4 Å². The second-order valence-corrected chi connectivity index (χ2v) is 4.52. The lowest BCUT2D eigenvalue weighted by Crippen LogP contribution is -2.31. The van der Waals surface area contributed by atoms with Crippen molar-refractivity contribution in [3.63, 3.8) is 0 Å². The van der Waals surface area contributed by atoms with Crippen molar-refractivity contribution in [3.8, 4) is 6.07 Å². The van der Waals surface area contributed by atoms with Crippen LogP contribution in [0, 0.1) is 18.3 Å². The zero-order valence-corrected chi connectivity index (χ0v) is 10.5. The Bertz CT molecular complexity index is 432. The molecule has 0 spiro atoms. The lowest BCUT2D eigenvalue weighted by Gasteiger charge is -2.12. The molecule has 0 aliphatic carbocycles. The average molecular weight is 230 g/mol. The summed E-state index contributed by atoms with van der Waals surface area (Å²) in [4.78, 5) is 11.6. The molecular weight excluding hydrogens is 212 g/mol. The van der Waals surface area contributed by atoms with Crippen molar-refractivity contribution in [1.29, 1.82) is 5.26 Å². The van der Waals surface area contributed by atoms with E-state index in [9.17, 15) is 4.79 Å². The number of nitrogens with one attached hydrogen (secondary N) is 1. The fraction of sp³-hybridized carbons (Fsp3) is 0.429. The highest BCUT2D eigenvalue weighted by Crippen LogP contribution is 2.19. The molecule has 3 heteroatoms. The van der Waals surface area contributed by atoms with E-state index in [0.717, 1.165) is 11.1 Å². The fourth-order valence-electron chi connectivity index (χ4n) is 1.69. The van der Waals surface area contributed by atoms with Gasteiger partial charge < -0.3 is 5.32 Å². The molecule has 0 heterocycles. The monoisotopic (exact) mass is 230 g/mol. The van der Waals surface area contributed by atoms with E-state index in [-0.39, 0.29) is 24.3 Å². The molecule has 1 aromatic rings. The number of carbonyl (C=O) groups is 1. The van der Waals surface area contributed by atoms with E-state index in [4.69, 9.17) is 5.26 Å². The summed E-state index contributed by atoms with van der Waals surface area (Å²) in [5.74, 6) is -0.443. The number of rotatable bonds is 4. The third-order valence-electron chi connectivity index (χ3n) is 2.44. The van der Waals surface area contributed by atoms with Crippen molar-refractivity contribution < 1.29 is 4.79 Å². The van der Waals surface area contributed by atoms with Crippen LogP contribution in [0.4, 0.5) is 0 Å². The van der Waals surface area contributed by atoms with Crippen LogP contribution in [0.2, 0.25) is 0 Å². The number of aryl methyl sites for hydroxylation is 1. The summed E-state index contributed by atoms with van der Waals surface area (Å²) >= 11 is 0. The normalized spacial score (nSPS) is 11.9. The van der Waals surface area contributed by atoms with Crippen LogP contribution in [0.25, 0.3) is 0 Å². The minimum Gasteiger partial charge on any atom is -0.354 e. The van der Waals surface area contributed by atoms with Gasteiger partial charge in [0.1, 0.15) is 0 Å². The van der Waals surface area contributed by atoms with E-state index in [1.807, 2.05) is 45.0 Å². The molecule has 0 fully saturated rings. The molecule has 0 aliphatic rings. The standard InChI is InChI=1S/C14H18N2O/c1-10(2)16-14(17)8-13(9-15)12-6-4-5-11(3)7-12/h4-7,10,13H,8H2,1-3H3,(H,16,17). The van der Waals surface area contributed by atoms with Gasteiger partial charge in [0, 0.05) is 12.5 Å². The molecule has 17 heavy (non-hydrogen) atoms. The number of nitrogens with zero attached hydrogens (tertiary/aromatic N) is 1. The molecule has 1 unspecified atom stereocenters. The minimum absolute atomic E-state index is 0.0759. The molecule has 90 valence electrons. The van der Waals surface area contributed by atoms with E-state index in [0.29, 0.717) is 0 Å². The summed E-state index contributed by atoms with van der Waals surface area (Å²) in [6.07, 6.45) is 0.220. The summed E-state index contributed by atoms with van der Waals surface area (Å²) < 4.78 is 0. The van der Waals surface area contributed by atoms with Crippen LogP contribution in [-0.4, -0.2) is 11.9 Å². The van der Waals surface area contributed by atoms with E-state index >= 15 is 0 Å². The number of amides is 1. The highest BCUT2D eigenvalue weighted by Gasteiger charge is 2.15. The molecule has 0 aromatic heterocycles. The molecule has 1 rings (SSSR count). The van der Waals surface area contributed by atoms with Gasteiger partial charge in [-0.25, -0.2) is 0 Å². The third-order valence-corrected chi connectivity index (χ3v) is 2.44. The predicted octanol–water partition coefficient (Wildman–Crippen LogP) is 2.52. The topological polar surface area (TPSA) is 52.9 Å². The molecule has 0 radical (unpaired) electrons. The Balaban J connectivity index is 2.73. The molecule has 1 amide bonds. The van der Waals surface area contributed by atoms with Gasteiger partial charge in [-0.1, -0.05) is 29.8 Å². The molecule has 0 saturated heterocycles. The van der Waals surface area contributed by atoms with Gasteiger partial charge in [0.2, 0.25) is 5.91 Å². The SMILES string of the molecule is Cc1cccc(C(C#N)CC(=O)NC(C)C)c1. The Morgan fingerprint density at radius 1 is 1.47 bits per heavy atom. The maximum atomic E-state index is 11.6. The molecular formula is C14H18N2O. The van der Waals surface area contributed by atoms with Crippen LogP contribution >= 0.6 is 0 Å². The number of nitriles is 1. The third kappa shape index (κ3) is 4.28. The van der Waals surface area contributed by atoms with E-state index in [1.54, 1.807) is 0 Å². The van der Waals surface area contributed by atoms with Crippen LogP contribution in [-0.2, 0) is 4.79 Å². The minimum atomic E-state index is -0.367. The van der Waals surface area contributed by atoms with Gasteiger partial charge in [0.25, 0.3) is 0 Å². The van der Waals surface area contributed by atoms with Gasteiger partial charge in [-0.3, -0.25) is 4.79 Å². The van der Waals surface area contributed by atoms with Gasteiger partial charge in [-0.15, -0.1) is 0 Å². The summed E-state index contributed by atoms with van der Waals surface area (Å²) in [6, 6.07) is 10.0. The van der Waals surface area contributed by atoms with Crippen LogP contribution in [0.3, 0.4) is 0 Å². The molecule has 1 N–H and O–H groups in total. The lowest BCUT2D eigenvalue weighted by atomic mass is 9.95. The highest BCUT2D eigenvalue weighted by atomic mass is 16.1. The number of hydrogen-bond acceptors (Lipinski definition) is 2. The Kier molecular flexibility index (Phi) is 4.71. The predicted molar refractivity (Wildman–Crippen MR) is 67.4 cm³/mol. The summed E-state index contributed by atoms with van der Waals surface area (Å²) in [7, 11) is 0. The first-order valence-electron chi connectivity index (χ1n) is 5.78. The van der Waals surface area contributed by atoms with Crippen molar-refractivity contribution >= 4 is 5.91 Å². The quantitative estimate of drug-likeness (QED) is 0.864. The van der Waals surface area contributed by atoms with Crippen molar-refractivity contribution in [2.24, 2.45) is 0 Å². The Labute approximate surface area is 102 Å². The van der Waals surface area contributed by atoms with Gasteiger partial charge >= 0.3 is 0 Å².